The summed E-state index contributed by atoms with van der Waals surface area (Å²) in [6.07, 6.45) is 0.896. The van der Waals surface area contributed by atoms with Gasteiger partial charge in [-0.05, 0) is 64.9 Å². The molecule has 2 aromatic rings. The molecule has 9 heteroatoms. The van der Waals surface area contributed by atoms with Crippen LogP contribution >= 0.6 is 42.6 Å². The summed E-state index contributed by atoms with van der Waals surface area (Å²) in [6, 6.07) is 10.9. The summed E-state index contributed by atoms with van der Waals surface area (Å²) in [5.74, 6) is 0. The Morgan fingerprint density at radius 3 is 2.62 bits per heavy atom. The molecule has 4 rings (SSSR count). The third-order valence-electron chi connectivity index (χ3n) is 5.32. The molecule has 0 radical (unpaired) electrons. The van der Waals surface area contributed by atoms with Crippen LogP contribution in [0.4, 0.5) is 0 Å². The Balaban J connectivity index is 1.54. The van der Waals surface area contributed by atoms with Crippen molar-refractivity contribution in [1.29, 1.82) is 0 Å². The van der Waals surface area contributed by atoms with E-state index in [0.717, 1.165) is 24.4 Å². The normalized spacial score (nSPS) is 18.0. The molecular weight excluding hydrogens is 456 g/mol. The molecule has 2 aromatic carbocycles. The van der Waals surface area contributed by atoms with Gasteiger partial charge in [0.25, 0.3) is 0 Å². The molecule has 0 aromatic heterocycles. The maximum absolute atomic E-state index is 11.5. The lowest BCUT2D eigenvalue weighted by Crippen LogP contribution is -2.35. The topological polar surface area (TPSA) is 70.0 Å². The number of phosphoric ester groups is 1. The molecule has 0 fully saturated rings. The highest BCUT2D eigenvalue weighted by molar-refractivity contribution is 7.46. The lowest BCUT2D eigenvalue weighted by molar-refractivity contribution is 0.0970. The Kier molecular flexibility index (Phi) is 6.14. The molecule has 1 aliphatic heterocycles. The van der Waals surface area contributed by atoms with Gasteiger partial charge < -0.3 is 9.79 Å². The zero-order valence-electron chi connectivity index (χ0n) is 15.3. The van der Waals surface area contributed by atoms with Gasteiger partial charge in [0.05, 0.1) is 10.0 Å². The molecule has 5 nitrogen and oxygen atoms in total. The molecule has 2 N–H and O–H groups in total. The zero-order valence-corrected chi connectivity index (χ0v) is 18.5. The predicted octanol–water partition coefficient (Wildman–Crippen LogP) is 5.51. The molecule has 0 saturated heterocycles. The summed E-state index contributed by atoms with van der Waals surface area (Å²) < 4.78 is 16.6. The van der Waals surface area contributed by atoms with Crippen LogP contribution in [0.3, 0.4) is 0 Å². The fraction of sp³-hybridized carbons (Fsp3) is 0.300. The van der Waals surface area contributed by atoms with Gasteiger partial charge in [-0.2, -0.15) is 0 Å². The van der Waals surface area contributed by atoms with Gasteiger partial charge in [-0.15, -0.1) is 0 Å². The second-order valence-corrected chi connectivity index (χ2v) is 9.75. The second kappa shape index (κ2) is 8.33. The average molecular weight is 475 g/mol. The number of rotatable bonds is 5. The predicted molar refractivity (Wildman–Crippen MR) is 115 cm³/mol. The number of fused-ring (bicyclic) bond motifs is 2. The van der Waals surface area contributed by atoms with Crippen LogP contribution in [0.1, 0.15) is 29.2 Å². The first-order chi connectivity index (χ1) is 13.7. The number of hydrogen-bond acceptors (Lipinski definition) is 3. The first-order valence-electron chi connectivity index (χ1n) is 9.10. The van der Waals surface area contributed by atoms with E-state index < -0.39 is 13.9 Å². The highest BCUT2D eigenvalue weighted by Crippen LogP contribution is 2.44. The Morgan fingerprint density at radius 2 is 1.90 bits per heavy atom. The van der Waals surface area contributed by atoms with Gasteiger partial charge in [0.15, 0.2) is 0 Å². The fourth-order valence-electron chi connectivity index (χ4n) is 4.06. The van der Waals surface area contributed by atoms with Crippen LogP contribution in [-0.2, 0) is 15.5 Å². The lowest BCUT2D eigenvalue weighted by Gasteiger charge is -2.32. The zero-order chi connectivity index (χ0) is 20.8. The molecule has 1 atom stereocenters. The highest BCUT2D eigenvalue weighted by Gasteiger charge is 2.31. The van der Waals surface area contributed by atoms with E-state index in [2.05, 4.69) is 11.0 Å². The molecule has 0 saturated carbocycles. The maximum atomic E-state index is 11.5. The van der Waals surface area contributed by atoms with E-state index >= 15 is 0 Å². The number of halogens is 3. The fourth-order valence-corrected chi connectivity index (χ4v) is 5.06. The largest absolute Gasteiger partial charge is 0.470 e. The van der Waals surface area contributed by atoms with Crippen molar-refractivity contribution in [2.24, 2.45) is 0 Å². The van der Waals surface area contributed by atoms with Crippen molar-refractivity contribution in [2.75, 3.05) is 19.6 Å². The van der Waals surface area contributed by atoms with Crippen LogP contribution in [0.2, 0.25) is 15.1 Å². The van der Waals surface area contributed by atoms with Gasteiger partial charge >= 0.3 is 7.82 Å². The van der Waals surface area contributed by atoms with Crippen molar-refractivity contribution in [3.63, 3.8) is 0 Å². The summed E-state index contributed by atoms with van der Waals surface area (Å²) >= 11 is 18.2. The van der Waals surface area contributed by atoms with Crippen molar-refractivity contribution in [3.8, 4) is 0 Å². The van der Waals surface area contributed by atoms with Crippen molar-refractivity contribution >= 4 is 48.2 Å². The van der Waals surface area contributed by atoms with E-state index in [1.807, 2.05) is 12.1 Å². The summed E-state index contributed by atoms with van der Waals surface area (Å²) in [4.78, 5) is 20.9. The summed E-state index contributed by atoms with van der Waals surface area (Å²) in [5, 5.41) is 1.42. The molecule has 1 heterocycles. The van der Waals surface area contributed by atoms with Crippen molar-refractivity contribution in [2.45, 2.75) is 18.9 Å². The molecule has 1 aliphatic carbocycles. The maximum Gasteiger partial charge on any atom is 0.470 e. The molecule has 0 amide bonds. The Labute approximate surface area is 184 Å². The first-order valence-corrected chi connectivity index (χ1v) is 11.8. The molecule has 0 bridgehead atoms. The van der Waals surface area contributed by atoms with E-state index in [1.165, 1.54) is 22.3 Å². The van der Waals surface area contributed by atoms with Gasteiger partial charge in [-0.3, -0.25) is 9.42 Å². The first kappa shape index (κ1) is 21.4. The van der Waals surface area contributed by atoms with Crippen LogP contribution in [0, 0.1) is 0 Å². The smallest absolute Gasteiger partial charge is 0.303 e. The van der Waals surface area contributed by atoms with Crippen molar-refractivity contribution in [1.82, 2.24) is 4.90 Å². The van der Waals surface area contributed by atoms with Gasteiger partial charge in [-0.25, -0.2) is 4.57 Å². The Morgan fingerprint density at radius 1 is 1.10 bits per heavy atom. The van der Waals surface area contributed by atoms with Crippen molar-refractivity contribution in [3.05, 3.63) is 73.7 Å². The molecule has 0 spiro atoms. The Bertz CT molecular complexity index is 1040. The third kappa shape index (κ3) is 4.90. The van der Waals surface area contributed by atoms with Crippen LogP contribution in [-0.4, -0.2) is 34.3 Å². The Hall–Kier alpha value is -0.880. The van der Waals surface area contributed by atoms with E-state index in [-0.39, 0.29) is 0 Å². The number of nitrogens with zero attached hydrogens (tertiary/aromatic N) is 1. The molecule has 2 aliphatic rings. The minimum Gasteiger partial charge on any atom is -0.303 e. The lowest BCUT2D eigenvalue weighted by atomic mass is 9.98. The van der Waals surface area contributed by atoms with Crippen LogP contribution in [0.5, 0.6) is 0 Å². The van der Waals surface area contributed by atoms with Crippen LogP contribution in [0.15, 0.2) is 42.0 Å². The van der Waals surface area contributed by atoms with E-state index in [9.17, 15) is 14.4 Å². The van der Waals surface area contributed by atoms with Gasteiger partial charge in [0, 0.05) is 24.7 Å². The quantitative estimate of drug-likeness (QED) is 0.559. The minimum atomic E-state index is -4.69. The summed E-state index contributed by atoms with van der Waals surface area (Å²) in [7, 11) is -4.69. The third-order valence-corrected chi connectivity index (χ3v) is 6.83. The number of hydrogen-bond donors (Lipinski definition) is 2. The highest BCUT2D eigenvalue weighted by atomic mass is 35.5. The van der Waals surface area contributed by atoms with E-state index in [4.69, 9.17) is 39.3 Å². The standard InChI is InChI=1S/C20H19Cl3NO4P/c21-15-3-1-12-7-14-10-24(6-5-16(14)17(12)9-15)11-20(28-29(25,26)27)13-2-4-18(22)19(23)8-13/h1-4,8-9,20H,5-7,10-11H2,(H2,25,26,27). The molecule has 1 unspecified atom stereocenters. The second-order valence-electron chi connectivity index (χ2n) is 7.30. The SMILES string of the molecule is O=P(O)(O)OC(CN1CCC2=C(Cc3ccc(Cl)cc32)C1)c1ccc(Cl)c(Cl)c1. The number of phosphoric acid groups is 1. The number of benzene rings is 2. The van der Waals surface area contributed by atoms with Gasteiger partial charge in [0.2, 0.25) is 0 Å². The molecule has 154 valence electrons. The average Bonchev–Trinajstić information content (AvgIpc) is 2.99. The minimum absolute atomic E-state index is 0.315. The van der Waals surface area contributed by atoms with E-state index in [1.54, 1.807) is 18.2 Å². The monoisotopic (exact) mass is 473 g/mol. The molecule has 29 heavy (non-hydrogen) atoms. The van der Waals surface area contributed by atoms with Crippen LogP contribution < -0.4 is 0 Å². The molecular formula is C20H19Cl3NO4P. The van der Waals surface area contributed by atoms with Crippen LogP contribution in [0.25, 0.3) is 5.57 Å². The van der Waals surface area contributed by atoms with Gasteiger partial charge in [0.1, 0.15) is 6.10 Å². The summed E-state index contributed by atoms with van der Waals surface area (Å²) in [6.45, 7) is 1.80. The summed E-state index contributed by atoms with van der Waals surface area (Å²) in [5.41, 5.74) is 5.72. The van der Waals surface area contributed by atoms with E-state index in [0.29, 0.717) is 28.7 Å². The van der Waals surface area contributed by atoms with Crippen molar-refractivity contribution < 1.29 is 18.9 Å². The van der Waals surface area contributed by atoms with Gasteiger partial charge in [-0.1, -0.05) is 46.9 Å².